The van der Waals surface area contributed by atoms with Crippen LogP contribution in [0.3, 0.4) is 0 Å². The Morgan fingerprint density at radius 3 is 2.64 bits per heavy atom. The standard InChI is InChI=1S/C19H27F2N5O2/c1-3-22-19(23-10-4-5-14-11-25-26(2)13-14)24-12-17(27)15-6-8-16(9-7-15)28-18(20)21/h6-9,11,13,17-18,27H,3-5,10,12H2,1-2H3,(H2,22,23,24). The Balaban J connectivity index is 1.81. The molecule has 28 heavy (non-hydrogen) atoms. The Labute approximate surface area is 163 Å². The van der Waals surface area contributed by atoms with Crippen molar-refractivity contribution in [1.29, 1.82) is 0 Å². The lowest BCUT2D eigenvalue weighted by molar-refractivity contribution is -0.0498. The van der Waals surface area contributed by atoms with Crippen molar-refractivity contribution in [3.8, 4) is 5.75 Å². The fourth-order valence-electron chi connectivity index (χ4n) is 2.60. The number of benzene rings is 1. The van der Waals surface area contributed by atoms with Crippen LogP contribution in [0.4, 0.5) is 8.78 Å². The number of aryl methyl sites for hydroxylation is 2. The van der Waals surface area contributed by atoms with Crippen molar-refractivity contribution in [1.82, 2.24) is 20.4 Å². The van der Waals surface area contributed by atoms with Gasteiger partial charge in [0.2, 0.25) is 0 Å². The van der Waals surface area contributed by atoms with Crippen molar-refractivity contribution in [2.75, 3.05) is 19.6 Å². The van der Waals surface area contributed by atoms with Gasteiger partial charge in [-0.3, -0.25) is 9.67 Å². The van der Waals surface area contributed by atoms with Crippen molar-refractivity contribution in [3.05, 3.63) is 47.8 Å². The fourth-order valence-corrected chi connectivity index (χ4v) is 2.60. The maximum atomic E-state index is 12.2. The summed E-state index contributed by atoms with van der Waals surface area (Å²) in [7, 11) is 1.89. The molecule has 0 spiro atoms. The molecule has 0 aliphatic heterocycles. The highest BCUT2D eigenvalue weighted by atomic mass is 19.3. The molecule has 0 saturated carbocycles. The molecule has 0 radical (unpaired) electrons. The van der Waals surface area contributed by atoms with Gasteiger partial charge in [-0.05, 0) is 43.0 Å². The normalized spacial score (nSPS) is 12.9. The highest BCUT2D eigenvalue weighted by Gasteiger charge is 2.09. The highest BCUT2D eigenvalue weighted by molar-refractivity contribution is 5.79. The molecule has 0 amide bonds. The molecule has 2 rings (SSSR count). The number of aliphatic imine (C=N–C) groups is 1. The van der Waals surface area contributed by atoms with Gasteiger partial charge in [0.15, 0.2) is 5.96 Å². The Morgan fingerprint density at radius 1 is 1.29 bits per heavy atom. The lowest BCUT2D eigenvalue weighted by Gasteiger charge is -2.13. The number of ether oxygens (including phenoxy) is 1. The van der Waals surface area contributed by atoms with Crippen molar-refractivity contribution in [2.45, 2.75) is 32.5 Å². The largest absolute Gasteiger partial charge is 0.435 e. The van der Waals surface area contributed by atoms with Gasteiger partial charge in [-0.2, -0.15) is 13.9 Å². The Kier molecular flexibility index (Phi) is 8.67. The number of hydrogen-bond donors (Lipinski definition) is 3. The van der Waals surface area contributed by atoms with E-state index in [1.807, 2.05) is 26.4 Å². The first-order chi connectivity index (χ1) is 13.5. The molecule has 1 aromatic carbocycles. The maximum Gasteiger partial charge on any atom is 0.387 e. The zero-order chi connectivity index (χ0) is 20.4. The zero-order valence-corrected chi connectivity index (χ0v) is 16.1. The van der Waals surface area contributed by atoms with E-state index in [0.29, 0.717) is 18.1 Å². The Bertz CT molecular complexity index is 734. The topological polar surface area (TPSA) is 83.7 Å². The number of nitrogens with one attached hydrogen (secondary N) is 2. The van der Waals surface area contributed by atoms with Crippen LogP contribution in [0.15, 0.2) is 41.7 Å². The van der Waals surface area contributed by atoms with E-state index in [4.69, 9.17) is 0 Å². The molecule has 1 unspecified atom stereocenters. The third-order valence-corrected chi connectivity index (χ3v) is 3.95. The Morgan fingerprint density at radius 2 is 2.04 bits per heavy atom. The number of aliphatic hydroxyl groups excluding tert-OH is 1. The molecule has 3 N–H and O–H groups in total. The summed E-state index contributed by atoms with van der Waals surface area (Å²) in [6, 6.07) is 5.89. The molecule has 0 saturated heterocycles. The number of halogens is 2. The summed E-state index contributed by atoms with van der Waals surface area (Å²) < 4.78 is 30.4. The van der Waals surface area contributed by atoms with Crippen LogP contribution in [0.1, 0.15) is 30.6 Å². The van der Waals surface area contributed by atoms with Crippen molar-refractivity contribution in [2.24, 2.45) is 12.0 Å². The van der Waals surface area contributed by atoms with E-state index in [0.717, 1.165) is 19.4 Å². The maximum absolute atomic E-state index is 12.2. The van der Waals surface area contributed by atoms with Gasteiger partial charge in [-0.15, -0.1) is 0 Å². The first kappa shape index (κ1) is 21.6. The molecular weight excluding hydrogens is 368 g/mol. The molecule has 154 valence electrons. The van der Waals surface area contributed by atoms with Crippen LogP contribution < -0.4 is 15.4 Å². The van der Waals surface area contributed by atoms with E-state index in [1.54, 1.807) is 16.8 Å². The molecule has 0 fully saturated rings. The first-order valence-electron chi connectivity index (χ1n) is 9.20. The summed E-state index contributed by atoms with van der Waals surface area (Å²) in [5, 5.41) is 20.8. The second kappa shape index (κ2) is 11.2. The summed E-state index contributed by atoms with van der Waals surface area (Å²) in [5.41, 5.74) is 1.76. The molecule has 1 aromatic heterocycles. The van der Waals surface area contributed by atoms with Crippen LogP contribution in [-0.2, 0) is 13.5 Å². The van der Waals surface area contributed by atoms with Crippen LogP contribution in [-0.4, -0.2) is 47.1 Å². The van der Waals surface area contributed by atoms with E-state index in [2.05, 4.69) is 25.5 Å². The SMILES string of the molecule is CCNC(=NCC(O)c1ccc(OC(F)F)cc1)NCCCc1cnn(C)c1. The number of rotatable bonds is 10. The molecular formula is C19H27F2N5O2. The van der Waals surface area contributed by atoms with Crippen molar-refractivity contribution >= 4 is 5.96 Å². The van der Waals surface area contributed by atoms with Crippen LogP contribution >= 0.6 is 0 Å². The second-order valence-corrected chi connectivity index (χ2v) is 6.24. The minimum absolute atomic E-state index is 0.0538. The predicted molar refractivity (Wildman–Crippen MR) is 104 cm³/mol. The molecule has 0 aliphatic carbocycles. The molecule has 7 nitrogen and oxygen atoms in total. The minimum atomic E-state index is -2.87. The summed E-state index contributed by atoms with van der Waals surface area (Å²) >= 11 is 0. The summed E-state index contributed by atoms with van der Waals surface area (Å²) in [5.74, 6) is 0.670. The summed E-state index contributed by atoms with van der Waals surface area (Å²) in [4.78, 5) is 4.39. The van der Waals surface area contributed by atoms with Crippen molar-refractivity contribution < 1.29 is 18.6 Å². The van der Waals surface area contributed by atoms with Crippen LogP contribution in [0.5, 0.6) is 5.75 Å². The molecule has 1 heterocycles. The smallest absolute Gasteiger partial charge is 0.387 e. The zero-order valence-electron chi connectivity index (χ0n) is 16.1. The number of alkyl halides is 2. The van der Waals surface area contributed by atoms with Gasteiger partial charge in [0.25, 0.3) is 0 Å². The van der Waals surface area contributed by atoms with Gasteiger partial charge in [0.1, 0.15) is 5.75 Å². The lowest BCUT2D eigenvalue weighted by atomic mass is 10.1. The summed E-state index contributed by atoms with van der Waals surface area (Å²) in [6.07, 6.45) is 4.84. The van der Waals surface area contributed by atoms with E-state index in [-0.39, 0.29) is 12.3 Å². The number of aliphatic hydroxyl groups is 1. The average Bonchev–Trinajstić information content (AvgIpc) is 3.08. The number of hydrogen-bond acceptors (Lipinski definition) is 4. The van der Waals surface area contributed by atoms with Crippen LogP contribution in [0.25, 0.3) is 0 Å². The molecule has 9 heteroatoms. The molecule has 0 bridgehead atoms. The van der Waals surface area contributed by atoms with Gasteiger partial charge in [0.05, 0.1) is 18.8 Å². The fraction of sp³-hybridized carbons (Fsp3) is 0.474. The van der Waals surface area contributed by atoms with Crippen LogP contribution in [0, 0.1) is 0 Å². The highest BCUT2D eigenvalue weighted by Crippen LogP contribution is 2.19. The van der Waals surface area contributed by atoms with Gasteiger partial charge in [-0.1, -0.05) is 12.1 Å². The predicted octanol–water partition coefficient (Wildman–Crippen LogP) is 2.24. The average molecular weight is 395 g/mol. The summed E-state index contributed by atoms with van der Waals surface area (Å²) in [6.45, 7) is 0.672. The number of aromatic nitrogens is 2. The van der Waals surface area contributed by atoms with Gasteiger partial charge in [0, 0.05) is 26.3 Å². The second-order valence-electron chi connectivity index (χ2n) is 6.24. The van der Waals surface area contributed by atoms with Crippen molar-refractivity contribution in [3.63, 3.8) is 0 Å². The molecule has 0 aliphatic rings. The Hall–Kier alpha value is -2.68. The quantitative estimate of drug-likeness (QED) is 0.326. The third-order valence-electron chi connectivity index (χ3n) is 3.95. The molecule has 1 atom stereocenters. The van der Waals surface area contributed by atoms with E-state index in [9.17, 15) is 13.9 Å². The first-order valence-corrected chi connectivity index (χ1v) is 9.20. The van der Waals surface area contributed by atoms with E-state index >= 15 is 0 Å². The number of nitrogens with zero attached hydrogens (tertiary/aromatic N) is 3. The molecule has 2 aromatic rings. The van der Waals surface area contributed by atoms with E-state index < -0.39 is 12.7 Å². The third kappa shape index (κ3) is 7.51. The van der Waals surface area contributed by atoms with Gasteiger partial charge >= 0.3 is 6.61 Å². The van der Waals surface area contributed by atoms with Gasteiger partial charge < -0.3 is 20.5 Å². The van der Waals surface area contributed by atoms with Crippen LogP contribution in [0.2, 0.25) is 0 Å². The van der Waals surface area contributed by atoms with Gasteiger partial charge in [-0.25, -0.2) is 0 Å². The lowest BCUT2D eigenvalue weighted by Crippen LogP contribution is -2.38. The van der Waals surface area contributed by atoms with E-state index in [1.165, 1.54) is 17.7 Å². The number of guanidine groups is 1. The minimum Gasteiger partial charge on any atom is -0.435 e. The monoisotopic (exact) mass is 395 g/mol.